The number of morpholine rings is 1. The minimum atomic E-state index is -0.636. The van der Waals surface area contributed by atoms with E-state index in [2.05, 4.69) is 15.2 Å². The molecule has 0 unspecified atom stereocenters. The maximum Gasteiger partial charge on any atom is 0.301 e. The largest absolute Gasteiger partial charge is 0.486 e. The summed E-state index contributed by atoms with van der Waals surface area (Å²) in [5, 5.41) is 3.17. The van der Waals surface area contributed by atoms with E-state index in [4.69, 9.17) is 21.1 Å². The first kappa shape index (κ1) is 25.7. The number of Topliss-reactive ketones (excluding diaryl/α,β-unsaturated/α-hetero) is 1. The molecule has 2 aromatic heterocycles. The molecule has 4 rings (SSSR count). The van der Waals surface area contributed by atoms with Crippen LogP contribution < -0.4 is 20.5 Å². The number of carbonyl (C=O) groups is 2. The van der Waals surface area contributed by atoms with Crippen LogP contribution in [0.25, 0.3) is 5.65 Å². The van der Waals surface area contributed by atoms with E-state index in [9.17, 15) is 14.4 Å². The summed E-state index contributed by atoms with van der Waals surface area (Å²) >= 11 is 5.89. The van der Waals surface area contributed by atoms with E-state index in [1.807, 2.05) is 13.0 Å². The number of benzene rings is 1. The maximum atomic E-state index is 13.4. The number of halogens is 1. The van der Waals surface area contributed by atoms with Gasteiger partial charge < -0.3 is 19.7 Å². The molecule has 1 aliphatic rings. The van der Waals surface area contributed by atoms with Crippen molar-refractivity contribution in [2.24, 2.45) is 0 Å². The normalized spacial score (nSPS) is 13.6. The van der Waals surface area contributed by atoms with Gasteiger partial charge in [-0.25, -0.2) is 4.98 Å². The second-order valence-corrected chi connectivity index (χ2v) is 8.97. The van der Waals surface area contributed by atoms with Gasteiger partial charge in [-0.1, -0.05) is 37.1 Å². The van der Waals surface area contributed by atoms with Crippen LogP contribution in [-0.2, 0) is 16.0 Å². The first-order valence-electron chi connectivity index (χ1n) is 12.0. The van der Waals surface area contributed by atoms with Gasteiger partial charge in [0.2, 0.25) is 5.75 Å². The standard InChI is InChI=1S/C26H29ClN4O5/c1-2-3-12-36-24-23(25(33)28-16-21(32)15-18-4-6-19(27)7-5-18)29-22-9-8-20(17-31(22)26(24)34)30-10-13-35-14-11-30/h4-9,17H,2-3,10-16H2,1H3,(H,28,33). The van der Waals surface area contributed by atoms with E-state index in [0.717, 1.165) is 37.2 Å². The molecule has 1 saturated heterocycles. The molecular formula is C26H29ClN4O5. The van der Waals surface area contributed by atoms with Crippen molar-refractivity contribution in [3.63, 3.8) is 0 Å². The third-order valence-electron chi connectivity index (χ3n) is 5.86. The zero-order chi connectivity index (χ0) is 25.5. The summed E-state index contributed by atoms with van der Waals surface area (Å²) in [5.74, 6) is -0.947. The zero-order valence-corrected chi connectivity index (χ0v) is 20.9. The quantitative estimate of drug-likeness (QED) is 0.417. The van der Waals surface area contributed by atoms with Crippen molar-refractivity contribution >= 4 is 34.6 Å². The Morgan fingerprint density at radius 3 is 2.61 bits per heavy atom. The average molecular weight is 513 g/mol. The van der Waals surface area contributed by atoms with Gasteiger partial charge in [0, 0.05) is 30.7 Å². The van der Waals surface area contributed by atoms with Gasteiger partial charge in [-0.05, 0) is 36.2 Å². The Labute approximate surface area is 214 Å². The number of nitrogens with zero attached hydrogens (tertiary/aromatic N) is 3. The first-order chi connectivity index (χ1) is 17.5. The lowest BCUT2D eigenvalue weighted by atomic mass is 10.1. The lowest BCUT2D eigenvalue weighted by molar-refractivity contribution is -0.117. The molecule has 1 aromatic carbocycles. The molecule has 3 heterocycles. The van der Waals surface area contributed by atoms with E-state index in [0.29, 0.717) is 23.9 Å². The number of nitrogens with one attached hydrogen (secondary N) is 1. The van der Waals surface area contributed by atoms with E-state index < -0.39 is 11.5 Å². The number of unbranched alkanes of at least 4 members (excludes halogenated alkanes) is 1. The molecule has 190 valence electrons. The van der Waals surface area contributed by atoms with Gasteiger partial charge in [0.15, 0.2) is 11.5 Å². The fourth-order valence-corrected chi connectivity index (χ4v) is 4.00. The van der Waals surface area contributed by atoms with Gasteiger partial charge in [-0.15, -0.1) is 0 Å². The Morgan fingerprint density at radius 2 is 1.89 bits per heavy atom. The van der Waals surface area contributed by atoms with Gasteiger partial charge in [0.1, 0.15) is 5.65 Å². The predicted octanol–water partition coefficient (Wildman–Crippen LogP) is 2.91. The smallest absolute Gasteiger partial charge is 0.301 e. The number of ketones is 1. The van der Waals surface area contributed by atoms with Gasteiger partial charge in [0.25, 0.3) is 5.91 Å². The summed E-state index contributed by atoms with van der Waals surface area (Å²) in [6.45, 7) is 4.75. The lowest BCUT2D eigenvalue weighted by Gasteiger charge is -2.28. The minimum absolute atomic E-state index is 0.122. The highest BCUT2D eigenvalue weighted by Crippen LogP contribution is 2.19. The van der Waals surface area contributed by atoms with Crippen molar-refractivity contribution in [1.82, 2.24) is 14.7 Å². The van der Waals surface area contributed by atoms with Crippen LogP contribution in [0.5, 0.6) is 5.75 Å². The predicted molar refractivity (Wildman–Crippen MR) is 137 cm³/mol. The number of amides is 1. The number of anilines is 1. The molecule has 1 N–H and O–H groups in total. The van der Waals surface area contributed by atoms with Gasteiger partial charge in [-0.2, -0.15) is 0 Å². The highest BCUT2D eigenvalue weighted by Gasteiger charge is 2.22. The van der Waals surface area contributed by atoms with E-state index >= 15 is 0 Å². The Bertz CT molecular complexity index is 1290. The Kier molecular flexibility index (Phi) is 8.56. The number of hydrogen-bond donors (Lipinski definition) is 1. The molecule has 0 atom stereocenters. The molecule has 36 heavy (non-hydrogen) atoms. The van der Waals surface area contributed by atoms with Gasteiger partial charge >= 0.3 is 5.56 Å². The number of hydrogen-bond acceptors (Lipinski definition) is 7. The molecule has 1 amide bonds. The second-order valence-electron chi connectivity index (χ2n) is 8.54. The molecule has 9 nitrogen and oxygen atoms in total. The van der Waals surface area contributed by atoms with Crippen molar-refractivity contribution in [3.8, 4) is 5.75 Å². The van der Waals surface area contributed by atoms with Crippen LogP contribution in [-0.4, -0.2) is 60.5 Å². The fourth-order valence-electron chi connectivity index (χ4n) is 3.88. The Morgan fingerprint density at radius 1 is 1.14 bits per heavy atom. The number of aromatic nitrogens is 2. The minimum Gasteiger partial charge on any atom is -0.486 e. The monoisotopic (exact) mass is 512 g/mol. The third-order valence-corrected chi connectivity index (χ3v) is 6.11. The van der Waals surface area contributed by atoms with Crippen LogP contribution in [0.1, 0.15) is 35.8 Å². The van der Waals surface area contributed by atoms with Gasteiger partial charge in [0.05, 0.1) is 32.1 Å². The number of rotatable bonds is 10. The van der Waals surface area contributed by atoms with E-state index in [1.165, 1.54) is 4.40 Å². The summed E-state index contributed by atoms with van der Waals surface area (Å²) in [4.78, 5) is 45.4. The van der Waals surface area contributed by atoms with Crippen molar-refractivity contribution in [2.45, 2.75) is 26.2 Å². The van der Waals surface area contributed by atoms with Crippen molar-refractivity contribution in [1.29, 1.82) is 0 Å². The number of carbonyl (C=O) groups excluding carboxylic acids is 2. The molecule has 10 heteroatoms. The van der Waals surface area contributed by atoms with Crippen molar-refractivity contribution < 1.29 is 19.1 Å². The number of pyridine rings is 1. The van der Waals surface area contributed by atoms with Crippen molar-refractivity contribution in [2.75, 3.05) is 44.4 Å². The van der Waals surface area contributed by atoms with Crippen molar-refractivity contribution in [3.05, 3.63) is 69.2 Å². The maximum absolute atomic E-state index is 13.4. The zero-order valence-electron chi connectivity index (χ0n) is 20.2. The van der Waals surface area contributed by atoms with Gasteiger partial charge in [-0.3, -0.25) is 18.8 Å². The van der Waals surface area contributed by atoms with Crippen LogP contribution in [0.15, 0.2) is 47.4 Å². The molecule has 0 radical (unpaired) electrons. The molecule has 1 aliphatic heterocycles. The molecule has 3 aromatic rings. The molecular weight excluding hydrogens is 484 g/mol. The Hall–Kier alpha value is -3.43. The molecule has 0 spiro atoms. The van der Waals surface area contributed by atoms with Crippen LogP contribution in [0.4, 0.5) is 5.69 Å². The van der Waals surface area contributed by atoms with E-state index in [1.54, 1.807) is 36.5 Å². The Balaban J connectivity index is 1.56. The fraction of sp³-hybridized carbons (Fsp3) is 0.385. The molecule has 0 bridgehead atoms. The average Bonchev–Trinajstić information content (AvgIpc) is 2.90. The molecule has 1 fully saturated rings. The van der Waals surface area contributed by atoms with Crippen LogP contribution in [0.3, 0.4) is 0 Å². The topological polar surface area (TPSA) is 102 Å². The van der Waals surface area contributed by atoms with Crippen LogP contribution in [0.2, 0.25) is 5.02 Å². The molecule has 0 aliphatic carbocycles. The lowest BCUT2D eigenvalue weighted by Crippen LogP contribution is -2.36. The number of fused-ring (bicyclic) bond motifs is 1. The summed E-state index contributed by atoms with van der Waals surface area (Å²) in [7, 11) is 0. The van der Waals surface area contributed by atoms with E-state index in [-0.39, 0.29) is 36.8 Å². The first-order valence-corrected chi connectivity index (χ1v) is 12.4. The third kappa shape index (κ3) is 6.22. The summed E-state index contributed by atoms with van der Waals surface area (Å²) in [6.07, 6.45) is 3.44. The highest BCUT2D eigenvalue weighted by atomic mass is 35.5. The summed E-state index contributed by atoms with van der Waals surface area (Å²) in [5.41, 5.74) is 1.37. The van der Waals surface area contributed by atoms with Crippen LogP contribution in [0, 0.1) is 0 Å². The SMILES string of the molecule is CCCCOc1c(C(=O)NCC(=O)Cc2ccc(Cl)cc2)nc2ccc(N3CCOCC3)cn2c1=O. The summed E-state index contributed by atoms with van der Waals surface area (Å²) in [6, 6.07) is 10.5. The number of ether oxygens (including phenoxy) is 2. The summed E-state index contributed by atoms with van der Waals surface area (Å²) < 4.78 is 12.6. The highest BCUT2D eigenvalue weighted by molar-refractivity contribution is 6.30. The second kappa shape index (κ2) is 12.0. The molecule has 0 saturated carbocycles. The van der Waals surface area contributed by atoms with Crippen LogP contribution >= 0.6 is 11.6 Å².